The normalized spacial score (nSPS) is 19.4. The molecule has 1 heteroatoms. The Morgan fingerprint density at radius 3 is 2.26 bits per heavy atom. The van der Waals surface area contributed by atoms with Gasteiger partial charge in [-0.05, 0) is 43.4 Å². The van der Waals surface area contributed by atoms with Crippen LogP contribution in [-0.4, -0.2) is 12.6 Å². The van der Waals surface area contributed by atoms with Gasteiger partial charge in [0, 0.05) is 18.3 Å². The van der Waals surface area contributed by atoms with Gasteiger partial charge in [-0.1, -0.05) is 48.5 Å². The molecule has 1 nitrogen and oxygen atoms in total. The number of hydrogen-bond donors (Lipinski definition) is 0. The monoisotopic (exact) mass is 251 g/mol. The van der Waals surface area contributed by atoms with Crippen molar-refractivity contribution < 1.29 is 0 Å². The lowest BCUT2D eigenvalue weighted by molar-refractivity contribution is 0.457. The van der Waals surface area contributed by atoms with Gasteiger partial charge in [0.25, 0.3) is 0 Å². The summed E-state index contributed by atoms with van der Waals surface area (Å²) in [6.45, 7) is 1.20. The van der Waals surface area contributed by atoms with Crippen LogP contribution >= 0.6 is 0 Å². The van der Waals surface area contributed by atoms with E-state index in [0.29, 0.717) is 6.04 Å². The number of piperidine rings is 1. The van der Waals surface area contributed by atoms with Crippen LogP contribution in [0, 0.1) is 0 Å². The van der Waals surface area contributed by atoms with Gasteiger partial charge < -0.3 is 4.90 Å². The van der Waals surface area contributed by atoms with Gasteiger partial charge in [-0.25, -0.2) is 0 Å². The fourth-order valence-corrected chi connectivity index (χ4v) is 3.06. The van der Waals surface area contributed by atoms with Gasteiger partial charge in [-0.3, -0.25) is 0 Å². The Morgan fingerprint density at radius 1 is 0.842 bits per heavy atom. The molecule has 3 rings (SSSR count). The second-order valence-corrected chi connectivity index (χ2v) is 5.37. The molecule has 0 radical (unpaired) electrons. The lowest BCUT2D eigenvalue weighted by atomic mass is 9.95. The zero-order valence-electron chi connectivity index (χ0n) is 11.3. The second-order valence-electron chi connectivity index (χ2n) is 5.37. The van der Waals surface area contributed by atoms with E-state index in [0.717, 1.165) is 6.42 Å². The van der Waals surface area contributed by atoms with Gasteiger partial charge in [0.2, 0.25) is 0 Å². The molecule has 1 saturated heterocycles. The Labute approximate surface area is 115 Å². The first kappa shape index (κ1) is 12.3. The highest BCUT2D eigenvalue weighted by atomic mass is 15.2. The van der Waals surface area contributed by atoms with Gasteiger partial charge in [-0.15, -0.1) is 0 Å². The third-order valence-corrected chi connectivity index (χ3v) is 4.03. The third-order valence-electron chi connectivity index (χ3n) is 4.03. The van der Waals surface area contributed by atoms with Crippen molar-refractivity contribution in [2.75, 3.05) is 11.4 Å². The molecule has 0 saturated carbocycles. The Hall–Kier alpha value is -1.76. The minimum Gasteiger partial charge on any atom is -0.368 e. The maximum Gasteiger partial charge on any atom is 0.0368 e. The van der Waals surface area contributed by atoms with Crippen molar-refractivity contribution in [2.24, 2.45) is 0 Å². The molecule has 0 aromatic heterocycles. The molecule has 0 aliphatic carbocycles. The maximum atomic E-state index is 2.59. The number of rotatable bonds is 3. The van der Waals surface area contributed by atoms with Crippen molar-refractivity contribution >= 4 is 5.69 Å². The number of para-hydroxylation sites is 1. The SMILES string of the molecule is c1ccc(C[C@H]2CCCCN2c2ccccc2)cc1. The summed E-state index contributed by atoms with van der Waals surface area (Å²) in [5.41, 5.74) is 2.83. The molecule has 1 atom stereocenters. The van der Waals surface area contributed by atoms with Crippen molar-refractivity contribution in [3.63, 3.8) is 0 Å². The van der Waals surface area contributed by atoms with Crippen LogP contribution in [0.25, 0.3) is 0 Å². The summed E-state index contributed by atoms with van der Waals surface area (Å²) in [6.07, 6.45) is 5.15. The fraction of sp³-hybridized carbons (Fsp3) is 0.333. The van der Waals surface area contributed by atoms with Crippen LogP contribution in [0.3, 0.4) is 0 Å². The highest BCUT2D eigenvalue weighted by Gasteiger charge is 2.22. The smallest absolute Gasteiger partial charge is 0.0368 e. The van der Waals surface area contributed by atoms with E-state index in [4.69, 9.17) is 0 Å². The molecule has 0 spiro atoms. The van der Waals surface area contributed by atoms with Crippen molar-refractivity contribution in [1.29, 1.82) is 0 Å². The molecule has 2 aromatic carbocycles. The van der Waals surface area contributed by atoms with Crippen molar-refractivity contribution in [3.05, 3.63) is 66.2 Å². The summed E-state index contributed by atoms with van der Waals surface area (Å²) in [7, 11) is 0. The fourth-order valence-electron chi connectivity index (χ4n) is 3.06. The predicted octanol–water partition coefficient (Wildman–Crippen LogP) is 4.29. The Bertz CT molecular complexity index is 492. The van der Waals surface area contributed by atoms with Crippen LogP contribution in [0.2, 0.25) is 0 Å². The van der Waals surface area contributed by atoms with Crippen LogP contribution in [0.4, 0.5) is 5.69 Å². The summed E-state index contributed by atoms with van der Waals surface area (Å²) < 4.78 is 0. The van der Waals surface area contributed by atoms with Crippen LogP contribution in [0.5, 0.6) is 0 Å². The summed E-state index contributed by atoms with van der Waals surface area (Å²) >= 11 is 0. The second kappa shape index (κ2) is 5.92. The number of nitrogens with zero attached hydrogens (tertiary/aromatic N) is 1. The first-order valence-corrected chi connectivity index (χ1v) is 7.29. The molecule has 0 bridgehead atoms. The van der Waals surface area contributed by atoms with E-state index < -0.39 is 0 Å². The zero-order chi connectivity index (χ0) is 12.9. The van der Waals surface area contributed by atoms with Gasteiger partial charge >= 0.3 is 0 Å². The maximum absolute atomic E-state index is 2.59. The Morgan fingerprint density at radius 2 is 1.53 bits per heavy atom. The number of anilines is 1. The Balaban J connectivity index is 1.78. The standard InChI is InChI=1S/C18H21N/c1-3-9-16(10-4-1)15-18-13-7-8-14-19(18)17-11-5-2-6-12-17/h1-6,9-12,18H,7-8,13-15H2/t18-/m1/s1. The lowest BCUT2D eigenvalue weighted by Gasteiger charge is -2.38. The number of hydrogen-bond acceptors (Lipinski definition) is 1. The number of benzene rings is 2. The van der Waals surface area contributed by atoms with Crippen molar-refractivity contribution in [1.82, 2.24) is 0 Å². The van der Waals surface area contributed by atoms with E-state index in [1.54, 1.807) is 0 Å². The van der Waals surface area contributed by atoms with E-state index in [9.17, 15) is 0 Å². The van der Waals surface area contributed by atoms with Crippen molar-refractivity contribution in [3.8, 4) is 0 Å². The zero-order valence-corrected chi connectivity index (χ0v) is 11.3. The summed E-state index contributed by atoms with van der Waals surface area (Å²) in [5, 5.41) is 0. The molecule has 1 aliphatic rings. The highest BCUT2D eigenvalue weighted by Crippen LogP contribution is 2.26. The summed E-state index contributed by atoms with van der Waals surface area (Å²) in [4.78, 5) is 2.59. The van der Waals surface area contributed by atoms with E-state index in [-0.39, 0.29) is 0 Å². The van der Waals surface area contributed by atoms with Gasteiger partial charge in [-0.2, -0.15) is 0 Å². The summed E-state index contributed by atoms with van der Waals surface area (Å²) in [6, 6.07) is 22.4. The molecule has 2 aromatic rings. The largest absolute Gasteiger partial charge is 0.368 e. The molecule has 0 unspecified atom stereocenters. The molecule has 19 heavy (non-hydrogen) atoms. The average Bonchev–Trinajstić information content (AvgIpc) is 2.50. The minimum atomic E-state index is 0.651. The van der Waals surface area contributed by atoms with Crippen molar-refractivity contribution in [2.45, 2.75) is 31.7 Å². The van der Waals surface area contributed by atoms with Gasteiger partial charge in [0.05, 0.1) is 0 Å². The first-order valence-electron chi connectivity index (χ1n) is 7.29. The predicted molar refractivity (Wildman–Crippen MR) is 81.6 cm³/mol. The van der Waals surface area contributed by atoms with E-state index in [1.165, 1.54) is 37.1 Å². The molecule has 98 valence electrons. The lowest BCUT2D eigenvalue weighted by Crippen LogP contribution is -2.40. The highest BCUT2D eigenvalue weighted by molar-refractivity contribution is 5.47. The molecule has 1 aliphatic heterocycles. The molecule has 0 amide bonds. The van der Waals surface area contributed by atoms with E-state index in [2.05, 4.69) is 65.6 Å². The van der Waals surface area contributed by atoms with Crippen LogP contribution < -0.4 is 4.90 Å². The molecule has 1 heterocycles. The summed E-state index contributed by atoms with van der Waals surface area (Å²) in [5.74, 6) is 0. The van der Waals surface area contributed by atoms with E-state index in [1.807, 2.05) is 0 Å². The van der Waals surface area contributed by atoms with Gasteiger partial charge in [0.1, 0.15) is 0 Å². The third kappa shape index (κ3) is 2.98. The van der Waals surface area contributed by atoms with Crippen LogP contribution in [-0.2, 0) is 6.42 Å². The van der Waals surface area contributed by atoms with Gasteiger partial charge in [0.15, 0.2) is 0 Å². The minimum absolute atomic E-state index is 0.651. The first-order chi connectivity index (χ1) is 9.43. The quantitative estimate of drug-likeness (QED) is 0.786. The molecule has 1 fully saturated rings. The van der Waals surface area contributed by atoms with Crippen LogP contribution in [0.1, 0.15) is 24.8 Å². The van der Waals surface area contributed by atoms with E-state index >= 15 is 0 Å². The molecule has 0 N–H and O–H groups in total. The molecular formula is C18H21N. The average molecular weight is 251 g/mol. The molecular weight excluding hydrogens is 230 g/mol. The Kier molecular flexibility index (Phi) is 3.83. The topological polar surface area (TPSA) is 3.24 Å². The van der Waals surface area contributed by atoms with Crippen LogP contribution in [0.15, 0.2) is 60.7 Å².